The molecule has 0 saturated heterocycles. The molecule has 0 saturated carbocycles. The molecule has 3 N–H and O–H groups in total. The molecule has 0 aliphatic rings. The number of primary amides is 1. The highest BCUT2D eigenvalue weighted by atomic mass is 16.3. The van der Waals surface area contributed by atoms with Crippen molar-refractivity contribution in [2.24, 2.45) is 11.7 Å². The van der Waals surface area contributed by atoms with Gasteiger partial charge in [0.2, 0.25) is 5.91 Å². The van der Waals surface area contributed by atoms with Crippen molar-refractivity contribution in [1.82, 2.24) is 0 Å². The molecular formula is C17H29NO3. The summed E-state index contributed by atoms with van der Waals surface area (Å²) in [6.45, 7) is 5.99. The maximum absolute atomic E-state index is 11.9. The van der Waals surface area contributed by atoms with Crippen LogP contribution in [0.5, 0.6) is 0 Å². The van der Waals surface area contributed by atoms with E-state index in [1.807, 2.05) is 20.8 Å². The first-order valence-corrected chi connectivity index (χ1v) is 7.62. The first-order valence-electron chi connectivity index (χ1n) is 7.62. The zero-order valence-corrected chi connectivity index (χ0v) is 13.5. The van der Waals surface area contributed by atoms with E-state index in [2.05, 4.69) is 6.08 Å². The first-order chi connectivity index (χ1) is 9.86. The predicted molar refractivity (Wildman–Crippen MR) is 85.7 cm³/mol. The first kappa shape index (κ1) is 19.6. The van der Waals surface area contributed by atoms with Gasteiger partial charge in [0, 0.05) is 25.0 Å². The van der Waals surface area contributed by atoms with E-state index in [4.69, 9.17) is 10.8 Å². The van der Waals surface area contributed by atoms with Crippen molar-refractivity contribution >= 4 is 11.7 Å². The van der Waals surface area contributed by atoms with Gasteiger partial charge in [-0.2, -0.15) is 0 Å². The van der Waals surface area contributed by atoms with Crippen molar-refractivity contribution in [2.75, 3.05) is 6.61 Å². The molecule has 21 heavy (non-hydrogen) atoms. The van der Waals surface area contributed by atoms with Crippen molar-refractivity contribution in [3.05, 3.63) is 23.3 Å². The molecule has 0 fully saturated rings. The quantitative estimate of drug-likeness (QED) is 0.454. The Bertz CT molecular complexity index is 397. The minimum atomic E-state index is -0.407. The molecule has 0 aliphatic carbocycles. The van der Waals surface area contributed by atoms with Crippen LogP contribution in [0.4, 0.5) is 0 Å². The molecule has 0 rings (SSSR count). The number of allylic oxidation sites excluding steroid dienone is 3. The van der Waals surface area contributed by atoms with Gasteiger partial charge in [0.25, 0.3) is 0 Å². The van der Waals surface area contributed by atoms with E-state index in [9.17, 15) is 9.59 Å². The van der Waals surface area contributed by atoms with Crippen molar-refractivity contribution in [2.45, 2.75) is 59.3 Å². The highest BCUT2D eigenvalue weighted by Gasteiger charge is 2.11. The number of carbonyl (C=O) groups excluding carboxylic acids is 2. The Morgan fingerprint density at radius 3 is 2.38 bits per heavy atom. The van der Waals surface area contributed by atoms with Crippen LogP contribution in [0.2, 0.25) is 0 Å². The molecule has 0 heterocycles. The lowest BCUT2D eigenvalue weighted by molar-refractivity contribution is -0.122. The van der Waals surface area contributed by atoms with Crippen LogP contribution < -0.4 is 5.73 Å². The molecule has 1 atom stereocenters. The molecule has 1 unspecified atom stereocenters. The number of aliphatic hydroxyl groups is 1. The molecule has 0 aliphatic heterocycles. The predicted octanol–water partition coefficient (Wildman–Crippen LogP) is 2.90. The lowest BCUT2D eigenvalue weighted by atomic mass is 9.95. The monoisotopic (exact) mass is 295 g/mol. The average molecular weight is 295 g/mol. The molecule has 120 valence electrons. The molecule has 0 aromatic rings. The molecule has 0 bridgehead atoms. The van der Waals surface area contributed by atoms with Crippen molar-refractivity contribution in [1.29, 1.82) is 0 Å². The van der Waals surface area contributed by atoms with Crippen molar-refractivity contribution in [3.63, 3.8) is 0 Å². The van der Waals surface area contributed by atoms with E-state index in [-0.39, 0.29) is 18.3 Å². The van der Waals surface area contributed by atoms with E-state index < -0.39 is 5.91 Å². The second-order valence-corrected chi connectivity index (χ2v) is 5.72. The van der Waals surface area contributed by atoms with Gasteiger partial charge in [0.05, 0.1) is 0 Å². The maximum atomic E-state index is 11.9. The summed E-state index contributed by atoms with van der Waals surface area (Å²) in [6, 6.07) is 0. The number of hydrogen-bond acceptors (Lipinski definition) is 3. The van der Waals surface area contributed by atoms with Crippen molar-refractivity contribution < 1.29 is 14.7 Å². The van der Waals surface area contributed by atoms with Crippen LogP contribution in [-0.4, -0.2) is 23.4 Å². The smallest absolute Gasteiger partial charge is 0.241 e. The number of Topliss-reactive ketones (excluding diaryl/α,β-unsaturated/α-hetero) is 1. The van der Waals surface area contributed by atoms with E-state index in [0.717, 1.165) is 31.3 Å². The van der Waals surface area contributed by atoms with Crippen LogP contribution in [0.1, 0.15) is 59.3 Å². The highest BCUT2D eigenvalue weighted by Crippen LogP contribution is 2.14. The second-order valence-electron chi connectivity index (χ2n) is 5.72. The molecule has 4 nitrogen and oxygen atoms in total. The summed E-state index contributed by atoms with van der Waals surface area (Å²) in [5, 5.41) is 8.76. The van der Waals surface area contributed by atoms with E-state index >= 15 is 0 Å². The Labute approximate surface area is 128 Å². The summed E-state index contributed by atoms with van der Waals surface area (Å²) in [5.41, 5.74) is 7.26. The number of aliphatic hydroxyl groups excluding tert-OH is 1. The Hall–Kier alpha value is -1.42. The molecule has 4 heteroatoms. The summed E-state index contributed by atoms with van der Waals surface area (Å²) in [7, 11) is 0. The number of rotatable bonds is 11. The van der Waals surface area contributed by atoms with Crippen LogP contribution in [-0.2, 0) is 9.59 Å². The number of hydrogen-bond donors (Lipinski definition) is 2. The fourth-order valence-electron chi connectivity index (χ4n) is 2.09. The van der Waals surface area contributed by atoms with Gasteiger partial charge in [-0.1, -0.05) is 24.1 Å². The van der Waals surface area contributed by atoms with Gasteiger partial charge in [-0.25, -0.2) is 0 Å². The summed E-state index contributed by atoms with van der Waals surface area (Å²) in [4.78, 5) is 22.6. The van der Waals surface area contributed by atoms with Crippen LogP contribution >= 0.6 is 0 Å². The van der Waals surface area contributed by atoms with Crippen LogP contribution in [0.25, 0.3) is 0 Å². The van der Waals surface area contributed by atoms with Gasteiger partial charge in [-0.3, -0.25) is 9.59 Å². The fourth-order valence-corrected chi connectivity index (χ4v) is 2.09. The van der Waals surface area contributed by atoms with Crippen LogP contribution in [0.3, 0.4) is 0 Å². The van der Waals surface area contributed by atoms with Gasteiger partial charge in [0.1, 0.15) is 5.78 Å². The van der Waals surface area contributed by atoms with Gasteiger partial charge in [-0.15, -0.1) is 0 Å². The lowest BCUT2D eigenvalue weighted by Crippen LogP contribution is -2.11. The van der Waals surface area contributed by atoms with Crippen molar-refractivity contribution in [3.8, 4) is 0 Å². The third-order valence-corrected chi connectivity index (χ3v) is 3.53. The molecular weight excluding hydrogens is 266 g/mol. The standard InChI is InChI=1S/C17H29NO3/c1-13(6-4-7-14(2)12-17(18)21)9-10-16(20)15(3)8-5-11-19/h6,12,15,19H,4-5,7-11H2,1-3H3,(H2,18,21). The minimum absolute atomic E-state index is 0.0331. The summed E-state index contributed by atoms with van der Waals surface area (Å²) < 4.78 is 0. The Morgan fingerprint density at radius 1 is 1.14 bits per heavy atom. The lowest BCUT2D eigenvalue weighted by Gasteiger charge is -2.09. The number of carbonyl (C=O) groups is 2. The average Bonchev–Trinajstić information content (AvgIpc) is 2.41. The van der Waals surface area contributed by atoms with Gasteiger partial charge in [-0.05, 0) is 46.0 Å². The number of amides is 1. The fraction of sp³-hybridized carbons (Fsp3) is 0.647. The SMILES string of the molecule is CC(=CC(N)=O)CCC=C(C)CCC(=O)C(C)CCCO. The molecule has 1 amide bonds. The normalized spacial score (nSPS) is 14.1. The Balaban J connectivity index is 4.02. The molecule has 0 aromatic heterocycles. The largest absolute Gasteiger partial charge is 0.396 e. The third-order valence-electron chi connectivity index (χ3n) is 3.53. The second kappa shape index (κ2) is 11.3. The van der Waals surface area contributed by atoms with Gasteiger partial charge in [0.15, 0.2) is 0 Å². The topological polar surface area (TPSA) is 80.4 Å². The van der Waals surface area contributed by atoms with Gasteiger partial charge >= 0.3 is 0 Å². The van der Waals surface area contributed by atoms with E-state index in [0.29, 0.717) is 12.8 Å². The molecule has 0 aromatic carbocycles. The number of ketones is 1. The zero-order valence-electron chi connectivity index (χ0n) is 13.5. The molecule has 0 spiro atoms. The van der Waals surface area contributed by atoms with E-state index in [1.165, 1.54) is 11.6 Å². The van der Waals surface area contributed by atoms with Crippen LogP contribution in [0, 0.1) is 5.92 Å². The minimum Gasteiger partial charge on any atom is -0.396 e. The zero-order chi connectivity index (χ0) is 16.3. The highest BCUT2D eigenvalue weighted by molar-refractivity contribution is 5.86. The number of nitrogens with two attached hydrogens (primary N) is 1. The van der Waals surface area contributed by atoms with Gasteiger partial charge < -0.3 is 10.8 Å². The maximum Gasteiger partial charge on any atom is 0.241 e. The Kier molecular flexibility index (Phi) is 10.5. The summed E-state index contributed by atoms with van der Waals surface area (Å²) >= 11 is 0. The summed E-state index contributed by atoms with van der Waals surface area (Å²) in [5.74, 6) is -0.109. The third kappa shape index (κ3) is 11.0. The molecule has 0 radical (unpaired) electrons. The van der Waals surface area contributed by atoms with E-state index in [1.54, 1.807) is 0 Å². The Morgan fingerprint density at radius 2 is 1.81 bits per heavy atom. The summed E-state index contributed by atoms with van der Waals surface area (Å²) in [6.07, 6.45) is 8.02. The van der Waals surface area contributed by atoms with Crippen LogP contribution in [0.15, 0.2) is 23.3 Å².